The Hall–Kier alpha value is -1.49. The summed E-state index contributed by atoms with van der Waals surface area (Å²) in [7, 11) is 0. The van der Waals surface area contributed by atoms with Gasteiger partial charge in [0.1, 0.15) is 5.82 Å². The van der Waals surface area contributed by atoms with Crippen LogP contribution < -0.4 is 0 Å². The molecule has 1 heterocycles. The lowest BCUT2D eigenvalue weighted by molar-refractivity contribution is -0.150. The van der Waals surface area contributed by atoms with Crippen LogP contribution in [0.5, 0.6) is 0 Å². The zero-order chi connectivity index (χ0) is 11.6. The van der Waals surface area contributed by atoms with E-state index < -0.39 is 23.3 Å². The molecule has 5 heteroatoms. The van der Waals surface area contributed by atoms with Crippen molar-refractivity contribution in [1.29, 1.82) is 0 Å². The number of carbonyl (C=O) groups is 1. The highest BCUT2D eigenvalue weighted by Crippen LogP contribution is 2.27. The molecule has 2 N–H and O–H groups in total. The molecule has 4 nitrogen and oxygen atoms in total. The molecule has 0 aliphatic heterocycles. The summed E-state index contributed by atoms with van der Waals surface area (Å²) in [6, 6.07) is 1.17. The van der Waals surface area contributed by atoms with Gasteiger partial charge in [-0.25, -0.2) is 9.18 Å². The number of aromatic nitrogens is 1. The molecule has 1 aromatic rings. The molecule has 15 heavy (non-hydrogen) atoms. The lowest BCUT2D eigenvalue weighted by Crippen LogP contribution is -2.40. The number of halogens is 1. The second kappa shape index (κ2) is 3.94. The van der Waals surface area contributed by atoms with Crippen molar-refractivity contribution in [3.63, 3.8) is 0 Å². The predicted molar refractivity (Wildman–Crippen MR) is 50.9 cm³/mol. The van der Waals surface area contributed by atoms with Gasteiger partial charge < -0.3 is 10.2 Å². The first-order valence-electron chi connectivity index (χ1n) is 4.37. The lowest BCUT2D eigenvalue weighted by atomic mass is 9.80. The highest BCUT2D eigenvalue weighted by Gasteiger charge is 2.35. The van der Waals surface area contributed by atoms with Crippen molar-refractivity contribution >= 4 is 5.97 Å². The van der Waals surface area contributed by atoms with E-state index in [9.17, 15) is 14.3 Å². The van der Waals surface area contributed by atoms with E-state index >= 15 is 0 Å². The maximum absolute atomic E-state index is 12.9. The van der Waals surface area contributed by atoms with Gasteiger partial charge in [0.15, 0.2) is 6.10 Å². The third-order valence-electron chi connectivity index (χ3n) is 2.37. The van der Waals surface area contributed by atoms with Gasteiger partial charge in [0, 0.05) is 11.6 Å². The topological polar surface area (TPSA) is 70.4 Å². The van der Waals surface area contributed by atoms with Crippen LogP contribution in [0.4, 0.5) is 4.39 Å². The predicted octanol–water partition coefficient (Wildman–Crippen LogP) is 0.944. The fourth-order valence-electron chi connectivity index (χ4n) is 1.23. The van der Waals surface area contributed by atoms with E-state index in [4.69, 9.17) is 5.11 Å². The summed E-state index contributed by atoms with van der Waals surface area (Å²) in [5.74, 6) is -1.90. The Balaban J connectivity index is 3.10. The minimum Gasteiger partial charge on any atom is -0.479 e. The minimum absolute atomic E-state index is 0.345. The summed E-state index contributed by atoms with van der Waals surface area (Å²) in [6.45, 7) is 3.03. The van der Waals surface area contributed by atoms with Gasteiger partial charge in [0.05, 0.1) is 6.20 Å². The molecule has 0 saturated heterocycles. The Morgan fingerprint density at radius 1 is 1.53 bits per heavy atom. The minimum atomic E-state index is -1.60. The normalized spacial score (nSPS) is 13.6. The van der Waals surface area contributed by atoms with E-state index in [1.165, 1.54) is 26.1 Å². The Morgan fingerprint density at radius 2 is 2.13 bits per heavy atom. The highest BCUT2D eigenvalue weighted by molar-refractivity contribution is 5.74. The molecule has 82 valence electrons. The molecule has 0 saturated carbocycles. The van der Waals surface area contributed by atoms with E-state index in [2.05, 4.69) is 4.98 Å². The zero-order valence-electron chi connectivity index (χ0n) is 8.44. The maximum atomic E-state index is 12.9. The Morgan fingerprint density at radius 3 is 2.60 bits per heavy atom. The molecule has 0 aromatic carbocycles. The Kier molecular flexibility index (Phi) is 3.04. The quantitative estimate of drug-likeness (QED) is 0.784. The number of aliphatic carboxylic acids is 1. The summed E-state index contributed by atoms with van der Waals surface area (Å²) in [6.07, 6.45) is 0.767. The number of aliphatic hydroxyl groups excluding tert-OH is 1. The molecular weight excluding hydrogens is 201 g/mol. The molecule has 0 fully saturated rings. The van der Waals surface area contributed by atoms with Crippen molar-refractivity contribution in [2.45, 2.75) is 25.4 Å². The molecule has 1 aromatic heterocycles. The fraction of sp³-hybridized carbons (Fsp3) is 0.400. The molecule has 0 aliphatic carbocycles. The summed E-state index contributed by atoms with van der Waals surface area (Å²) >= 11 is 0. The molecule has 1 rings (SSSR count). The number of aliphatic hydroxyl groups is 1. The third-order valence-corrected chi connectivity index (χ3v) is 2.37. The summed E-state index contributed by atoms with van der Waals surface area (Å²) in [4.78, 5) is 14.3. The number of hydrogen-bond donors (Lipinski definition) is 2. The highest BCUT2D eigenvalue weighted by atomic mass is 19.1. The van der Waals surface area contributed by atoms with Gasteiger partial charge in [-0.2, -0.15) is 0 Å². The van der Waals surface area contributed by atoms with Gasteiger partial charge >= 0.3 is 5.97 Å². The molecule has 0 amide bonds. The molecule has 1 atom stereocenters. The van der Waals surface area contributed by atoms with Crippen molar-refractivity contribution in [3.8, 4) is 0 Å². The van der Waals surface area contributed by atoms with Crippen LogP contribution in [-0.2, 0) is 10.2 Å². The molecule has 0 radical (unpaired) electrons. The first-order valence-corrected chi connectivity index (χ1v) is 4.37. The first kappa shape index (κ1) is 11.6. The van der Waals surface area contributed by atoms with Gasteiger partial charge in [0.2, 0.25) is 0 Å². The average molecular weight is 213 g/mol. The number of rotatable bonds is 3. The van der Waals surface area contributed by atoms with Crippen molar-refractivity contribution in [2.24, 2.45) is 0 Å². The number of carboxylic acid groups (broad SMARTS) is 1. The van der Waals surface area contributed by atoms with E-state index in [-0.39, 0.29) is 0 Å². The van der Waals surface area contributed by atoms with Gasteiger partial charge in [-0.3, -0.25) is 4.98 Å². The van der Waals surface area contributed by atoms with E-state index in [0.717, 1.165) is 6.20 Å². The van der Waals surface area contributed by atoms with Crippen LogP contribution in [0.15, 0.2) is 18.5 Å². The lowest BCUT2D eigenvalue weighted by Gasteiger charge is -2.27. The molecule has 0 spiro atoms. The van der Waals surface area contributed by atoms with Crippen LogP contribution in [0.2, 0.25) is 0 Å². The summed E-state index contributed by atoms with van der Waals surface area (Å²) < 4.78 is 12.9. The molecule has 1 unspecified atom stereocenters. The zero-order valence-corrected chi connectivity index (χ0v) is 8.44. The van der Waals surface area contributed by atoms with Gasteiger partial charge in [-0.05, 0) is 11.6 Å². The number of hydrogen-bond acceptors (Lipinski definition) is 3. The maximum Gasteiger partial charge on any atom is 0.333 e. The van der Waals surface area contributed by atoms with Crippen LogP contribution in [0, 0.1) is 5.82 Å². The Bertz CT molecular complexity index is 379. The number of nitrogens with zero attached hydrogens (tertiary/aromatic N) is 1. The Labute approximate surface area is 86.4 Å². The second-order valence-corrected chi connectivity index (χ2v) is 3.85. The van der Waals surface area contributed by atoms with Crippen molar-refractivity contribution in [3.05, 3.63) is 29.8 Å². The van der Waals surface area contributed by atoms with E-state index in [1.54, 1.807) is 0 Å². The van der Waals surface area contributed by atoms with Crippen LogP contribution in [0.1, 0.15) is 19.4 Å². The van der Waals surface area contributed by atoms with Gasteiger partial charge in [-0.15, -0.1) is 0 Å². The third kappa shape index (κ3) is 2.30. The smallest absolute Gasteiger partial charge is 0.333 e. The van der Waals surface area contributed by atoms with Crippen LogP contribution in [0.25, 0.3) is 0 Å². The van der Waals surface area contributed by atoms with Gasteiger partial charge in [-0.1, -0.05) is 13.8 Å². The molecule has 0 aliphatic rings. The summed E-state index contributed by atoms with van der Waals surface area (Å²) in [5.41, 5.74) is -0.738. The average Bonchev–Trinajstić information content (AvgIpc) is 2.16. The number of carboxylic acids is 1. The standard InChI is InChI=1S/C10H12FNO3/c1-10(2,8(13)9(14)15)6-3-7(11)5-12-4-6/h3-5,8,13H,1-2H3,(H,14,15). The van der Waals surface area contributed by atoms with Crippen LogP contribution in [-0.4, -0.2) is 27.3 Å². The largest absolute Gasteiger partial charge is 0.479 e. The van der Waals surface area contributed by atoms with Crippen molar-refractivity contribution in [1.82, 2.24) is 4.98 Å². The molecular formula is C10H12FNO3. The number of pyridine rings is 1. The molecule has 0 bridgehead atoms. The first-order chi connectivity index (χ1) is 6.85. The van der Waals surface area contributed by atoms with Crippen LogP contribution in [0.3, 0.4) is 0 Å². The fourth-order valence-corrected chi connectivity index (χ4v) is 1.23. The van der Waals surface area contributed by atoms with E-state index in [0.29, 0.717) is 5.56 Å². The SMILES string of the molecule is CC(C)(c1cncc(F)c1)C(O)C(=O)O. The van der Waals surface area contributed by atoms with Crippen molar-refractivity contribution in [2.75, 3.05) is 0 Å². The summed E-state index contributed by atoms with van der Waals surface area (Å²) in [5, 5.41) is 18.1. The van der Waals surface area contributed by atoms with Gasteiger partial charge in [0.25, 0.3) is 0 Å². The van der Waals surface area contributed by atoms with Crippen molar-refractivity contribution < 1.29 is 19.4 Å². The van der Waals surface area contributed by atoms with E-state index in [1.807, 2.05) is 0 Å². The monoisotopic (exact) mass is 213 g/mol. The second-order valence-electron chi connectivity index (χ2n) is 3.85. The van der Waals surface area contributed by atoms with Crippen LogP contribution >= 0.6 is 0 Å².